The van der Waals surface area contributed by atoms with Gasteiger partial charge in [0.2, 0.25) is 5.91 Å². The van der Waals surface area contributed by atoms with Crippen LogP contribution in [0.25, 0.3) is 0 Å². The van der Waals surface area contributed by atoms with Crippen molar-refractivity contribution in [3.05, 3.63) is 34.9 Å². The summed E-state index contributed by atoms with van der Waals surface area (Å²) in [4.78, 5) is 24.0. The summed E-state index contributed by atoms with van der Waals surface area (Å²) in [6.07, 6.45) is 1.02. The number of esters is 1. The number of rotatable bonds is 5. The standard InChI is InChI=1S/C15H18ClNO4/c1-20-15(19)13(8-10-3-2-4-12(16)7-10)17-14(18)11-5-6-21-9-11/h2-4,7,11,13H,5-6,8-9H2,1H3,(H,17,18)/t11-,13-/m0/s1. The maximum Gasteiger partial charge on any atom is 0.328 e. The number of hydrogen-bond donors (Lipinski definition) is 1. The Balaban J connectivity index is 2.03. The van der Waals surface area contributed by atoms with Crippen LogP contribution in [-0.2, 0) is 25.5 Å². The predicted molar refractivity (Wildman–Crippen MR) is 78.0 cm³/mol. The fourth-order valence-electron chi connectivity index (χ4n) is 2.27. The van der Waals surface area contributed by atoms with Crippen molar-refractivity contribution in [1.29, 1.82) is 0 Å². The van der Waals surface area contributed by atoms with Crippen LogP contribution in [0.5, 0.6) is 0 Å². The van der Waals surface area contributed by atoms with Gasteiger partial charge < -0.3 is 14.8 Å². The van der Waals surface area contributed by atoms with E-state index in [1.165, 1.54) is 7.11 Å². The summed E-state index contributed by atoms with van der Waals surface area (Å²) in [5, 5.41) is 3.33. The molecule has 0 saturated carbocycles. The highest BCUT2D eigenvalue weighted by atomic mass is 35.5. The minimum atomic E-state index is -0.721. The van der Waals surface area contributed by atoms with Gasteiger partial charge in [-0.3, -0.25) is 4.79 Å². The van der Waals surface area contributed by atoms with Crippen molar-refractivity contribution in [2.24, 2.45) is 5.92 Å². The second-order valence-corrected chi connectivity index (χ2v) is 5.42. The van der Waals surface area contributed by atoms with E-state index in [2.05, 4.69) is 5.32 Å². The van der Waals surface area contributed by atoms with Crippen molar-refractivity contribution in [2.45, 2.75) is 18.9 Å². The molecule has 1 heterocycles. The van der Waals surface area contributed by atoms with Gasteiger partial charge in [0.25, 0.3) is 0 Å². The summed E-state index contributed by atoms with van der Waals surface area (Å²) in [6.45, 7) is 0.978. The first-order valence-electron chi connectivity index (χ1n) is 6.80. The topological polar surface area (TPSA) is 64.6 Å². The number of halogens is 1. The van der Waals surface area contributed by atoms with Gasteiger partial charge in [-0.15, -0.1) is 0 Å². The summed E-state index contributed by atoms with van der Waals surface area (Å²) in [5.74, 6) is -0.844. The van der Waals surface area contributed by atoms with Crippen LogP contribution in [0.4, 0.5) is 0 Å². The van der Waals surface area contributed by atoms with Crippen LogP contribution in [0.2, 0.25) is 5.02 Å². The zero-order chi connectivity index (χ0) is 15.2. The number of hydrogen-bond acceptors (Lipinski definition) is 4. The van der Waals surface area contributed by atoms with Gasteiger partial charge in [-0.1, -0.05) is 23.7 Å². The van der Waals surface area contributed by atoms with Crippen LogP contribution in [0.1, 0.15) is 12.0 Å². The Morgan fingerprint density at radius 3 is 2.95 bits per heavy atom. The summed E-state index contributed by atoms with van der Waals surface area (Å²) in [7, 11) is 1.30. The van der Waals surface area contributed by atoms with Crippen molar-refractivity contribution >= 4 is 23.5 Å². The minimum absolute atomic E-state index is 0.176. The van der Waals surface area contributed by atoms with Gasteiger partial charge in [-0.05, 0) is 24.1 Å². The number of benzene rings is 1. The monoisotopic (exact) mass is 311 g/mol. The van der Waals surface area contributed by atoms with Gasteiger partial charge in [0.1, 0.15) is 6.04 Å². The molecular weight excluding hydrogens is 294 g/mol. The molecule has 1 saturated heterocycles. The molecule has 1 aliphatic heterocycles. The Morgan fingerprint density at radius 2 is 2.33 bits per heavy atom. The molecule has 1 aromatic rings. The number of carbonyl (C=O) groups is 2. The highest BCUT2D eigenvalue weighted by Crippen LogP contribution is 2.15. The lowest BCUT2D eigenvalue weighted by atomic mass is 10.0. The second-order valence-electron chi connectivity index (χ2n) is 4.98. The Kier molecular flexibility index (Phi) is 5.59. The van der Waals surface area contributed by atoms with E-state index in [9.17, 15) is 9.59 Å². The third-order valence-electron chi connectivity index (χ3n) is 3.43. The average Bonchev–Trinajstić information content (AvgIpc) is 3.00. The molecule has 1 N–H and O–H groups in total. The molecular formula is C15H18ClNO4. The predicted octanol–water partition coefficient (Wildman–Crippen LogP) is 1.58. The van der Waals surface area contributed by atoms with Gasteiger partial charge >= 0.3 is 5.97 Å². The van der Waals surface area contributed by atoms with Crippen LogP contribution >= 0.6 is 11.6 Å². The second kappa shape index (κ2) is 7.43. The van der Waals surface area contributed by atoms with E-state index in [0.29, 0.717) is 31.1 Å². The summed E-state index contributed by atoms with van der Waals surface area (Å²) in [6, 6.07) is 6.46. The zero-order valence-electron chi connectivity index (χ0n) is 11.8. The summed E-state index contributed by atoms with van der Waals surface area (Å²) >= 11 is 5.93. The third kappa shape index (κ3) is 4.44. The molecule has 0 bridgehead atoms. The van der Waals surface area contributed by atoms with Gasteiger partial charge in [0.15, 0.2) is 0 Å². The molecule has 0 aliphatic carbocycles. The van der Waals surface area contributed by atoms with Crippen LogP contribution in [0.3, 0.4) is 0 Å². The van der Waals surface area contributed by atoms with E-state index in [1.54, 1.807) is 18.2 Å². The molecule has 2 atom stereocenters. The minimum Gasteiger partial charge on any atom is -0.467 e. The van der Waals surface area contributed by atoms with E-state index in [4.69, 9.17) is 21.1 Å². The van der Waals surface area contributed by atoms with Crippen molar-refractivity contribution in [3.8, 4) is 0 Å². The van der Waals surface area contributed by atoms with E-state index < -0.39 is 12.0 Å². The largest absolute Gasteiger partial charge is 0.467 e. The van der Waals surface area contributed by atoms with Crippen LogP contribution in [0.15, 0.2) is 24.3 Å². The molecule has 0 spiro atoms. The van der Waals surface area contributed by atoms with E-state index in [-0.39, 0.29) is 11.8 Å². The first-order valence-corrected chi connectivity index (χ1v) is 7.18. The Labute approximate surface area is 128 Å². The van der Waals surface area contributed by atoms with Crippen LogP contribution in [0, 0.1) is 5.92 Å². The zero-order valence-corrected chi connectivity index (χ0v) is 12.6. The molecule has 0 aromatic heterocycles. The van der Waals surface area contributed by atoms with E-state index in [0.717, 1.165) is 5.56 Å². The molecule has 0 radical (unpaired) electrons. The molecule has 0 unspecified atom stereocenters. The lowest BCUT2D eigenvalue weighted by molar-refractivity contribution is -0.145. The Hall–Kier alpha value is -1.59. The van der Waals surface area contributed by atoms with Crippen molar-refractivity contribution in [2.75, 3.05) is 20.3 Å². The summed E-state index contributed by atoms with van der Waals surface area (Å²) < 4.78 is 9.95. The van der Waals surface area contributed by atoms with Gasteiger partial charge in [-0.2, -0.15) is 0 Å². The first kappa shape index (κ1) is 15.8. The van der Waals surface area contributed by atoms with Gasteiger partial charge in [0.05, 0.1) is 19.6 Å². The van der Waals surface area contributed by atoms with E-state index >= 15 is 0 Å². The van der Waals surface area contributed by atoms with Gasteiger partial charge in [0, 0.05) is 18.1 Å². The molecule has 21 heavy (non-hydrogen) atoms. The number of methoxy groups -OCH3 is 1. The van der Waals surface area contributed by atoms with E-state index in [1.807, 2.05) is 6.07 Å². The van der Waals surface area contributed by atoms with Gasteiger partial charge in [-0.25, -0.2) is 4.79 Å². The fourth-order valence-corrected chi connectivity index (χ4v) is 2.48. The Bertz CT molecular complexity index is 514. The Morgan fingerprint density at radius 1 is 1.52 bits per heavy atom. The number of nitrogens with one attached hydrogen (secondary N) is 1. The molecule has 1 aliphatic rings. The number of ether oxygens (including phenoxy) is 2. The lowest BCUT2D eigenvalue weighted by Gasteiger charge is -2.18. The quantitative estimate of drug-likeness (QED) is 0.839. The van der Waals surface area contributed by atoms with Crippen LogP contribution in [-0.4, -0.2) is 38.2 Å². The van der Waals surface area contributed by atoms with Crippen molar-refractivity contribution < 1.29 is 19.1 Å². The molecule has 2 rings (SSSR count). The highest BCUT2D eigenvalue weighted by Gasteiger charge is 2.28. The summed E-state index contributed by atoms with van der Waals surface area (Å²) in [5.41, 5.74) is 0.862. The van der Waals surface area contributed by atoms with Crippen molar-refractivity contribution in [1.82, 2.24) is 5.32 Å². The highest BCUT2D eigenvalue weighted by molar-refractivity contribution is 6.30. The first-order chi connectivity index (χ1) is 10.1. The third-order valence-corrected chi connectivity index (χ3v) is 3.67. The van der Waals surface area contributed by atoms with Crippen LogP contribution < -0.4 is 5.32 Å². The smallest absolute Gasteiger partial charge is 0.328 e. The fraction of sp³-hybridized carbons (Fsp3) is 0.467. The lowest BCUT2D eigenvalue weighted by Crippen LogP contribution is -2.45. The maximum atomic E-state index is 12.1. The number of amides is 1. The number of carbonyl (C=O) groups excluding carboxylic acids is 2. The SMILES string of the molecule is COC(=O)[C@H](Cc1cccc(Cl)c1)NC(=O)[C@H]1CCOC1. The maximum absolute atomic E-state index is 12.1. The molecule has 1 amide bonds. The van der Waals surface area contributed by atoms with Crippen molar-refractivity contribution in [3.63, 3.8) is 0 Å². The molecule has 1 fully saturated rings. The molecule has 5 nitrogen and oxygen atoms in total. The average molecular weight is 312 g/mol. The molecule has 6 heteroatoms. The molecule has 1 aromatic carbocycles. The normalized spacial score (nSPS) is 19.0. The molecule has 114 valence electrons.